The number of nitrogens with one attached hydrogen (secondary N) is 1. The summed E-state index contributed by atoms with van der Waals surface area (Å²) in [5, 5.41) is 11.8. The predicted molar refractivity (Wildman–Crippen MR) is 71.7 cm³/mol. The first-order valence-electron chi connectivity index (χ1n) is 4.96. The lowest BCUT2D eigenvalue weighted by molar-refractivity contribution is 0.598. The molecular weight excluding hydrogens is 304 g/mol. The number of hydrogen-bond donors (Lipinski definition) is 1. The Morgan fingerprint density at radius 1 is 1.53 bits per heavy atom. The molecule has 0 bridgehead atoms. The normalized spacial score (nSPS) is 12.8. The zero-order valence-corrected chi connectivity index (χ0v) is 12.0. The molecule has 0 radical (unpaired) electrons. The monoisotopic (exact) mass is 316 g/mol. The van der Waals surface area contributed by atoms with E-state index in [1.165, 1.54) is 6.26 Å². The topological polar surface area (TPSA) is 70.0 Å². The molecule has 92 valence electrons. The van der Waals surface area contributed by atoms with Crippen LogP contribution in [-0.2, 0) is 9.84 Å². The highest BCUT2D eigenvalue weighted by atomic mass is 79.9. The molecule has 0 aliphatic rings. The van der Waals surface area contributed by atoms with Gasteiger partial charge in [-0.2, -0.15) is 5.26 Å². The Hall–Kier alpha value is -1.06. The summed E-state index contributed by atoms with van der Waals surface area (Å²) in [7, 11) is -2.99. The minimum absolute atomic E-state index is 0.0740. The Morgan fingerprint density at radius 3 is 2.65 bits per heavy atom. The molecule has 0 aliphatic carbocycles. The molecule has 17 heavy (non-hydrogen) atoms. The van der Waals surface area contributed by atoms with Gasteiger partial charge in [-0.05, 0) is 41.1 Å². The Bertz CT molecular complexity index is 549. The van der Waals surface area contributed by atoms with Crippen molar-refractivity contribution in [2.75, 3.05) is 17.3 Å². The van der Waals surface area contributed by atoms with Crippen molar-refractivity contribution in [2.24, 2.45) is 0 Å². The molecule has 1 aromatic rings. The lowest BCUT2D eigenvalue weighted by Crippen LogP contribution is -2.24. The molecule has 1 unspecified atom stereocenters. The van der Waals surface area contributed by atoms with E-state index in [1.54, 1.807) is 25.1 Å². The van der Waals surface area contributed by atoms with E-state index >= 15 is 0 Å². The molecule has 6 heteroatoms. The highest BCUT2D eigenvalue weighted by Crippen LogP contribution is 2.21. The van der Waals surface area contributed by atoms with Crippen molar-refractivity contribution in [2.45, 2.75) is 13.0 Å². The van der Waals surface area contributed by atoms with E-state index in [0.29, 0.717) is 10.0 Å². The highest BCUT2D eigenvalue weighted by molar-refractivity contribution is 9.10. The van der Waals surface area contributed by atoms with Gasteiger partial charge < -0.3 is 5.32 Å². The van der Waals surface area contributed by atoms with Crippen LogP contribution in [0.4, 0.5) is 5.69 Å². The fourth-order valence-corrected chi connectivity index (χ4v) is 2.93. The van der Waals surface area contributed by atoms with Crippen LogP contribution in [0.25, 0.3) is 0 Å². The summed E-state index contributed by atoms with van der Waals surface area (Å²) in [6, 6.07) is 7.06. The van der Waals surface area contributed by atoms with Gasteiger partial charge in [0.2, 0.25) is 0 Å². The van der Waals surface area contributed by atoms with Crippen LogP contribution in [0.15, 0.2) is 22.7 Å². The zero-order valence-electron chi connectivity index (χ0n) is 9.57. The second-order valence-corrected chi connectivity index (χ2v) is 6.98. The van der Waals surface area contributed by atoms with Gasteiger partial charge in [-0.3, -0.25) is 0 Å². The summed E-state index contributed by atoms with van der Waals surface area (Å²) >= 11 is 3.28. The van der Waals surface area contributed by atoms with Crippen LogP contribution in [0.3, 0.4) is 0 Å². The Labute approximate surface area is 110 Å². The van der Waals surface area contributed by atoms with Crippen molar-refractivity contribution in [3.05, 3.63) is 28.2 Å². The van der Waals surface area contributed by atoms with Gasteiger partial charge in [0, 0.05) is 22.5 Å². The number of benzene rings is 1. The van der Waals surface area contributed by atoms with E-state index in [9.17, 15) is 8.42 Å². The standard InChI is InChI=1S/C11H13BrN2O2S/c1-8(7-17(2,15)16)14-10-4-3-9(6-13)11(12)5-10/h3-5,8,14H,7H2,1-2H3. The maximum atomic E-state index is 11.1. The molecule has 0 saturated heterocycles. The van der Waals surface area contributed by atoms with Crippen LogP contribution in [0.1, 0.15) is 12.5 Å². The molecule has 4 nitrogen and oxygen atoms in total. The Kier molecular flexibility index (Phi) is 4.54. The number of rotatable bonds is 4. The van der Waals surface area contributed by atoms with Gasteiger partial charge in [-0.15, -0.1) is 0 Å². The molecule has 1 atom stereocenters. The third kappa shape index (κ3) is 4.75. The summed E-state index contributed by atoms with van der Waals surface area (Å²) in [5.41, 5.74) is 1.33. The highest BCUT2D eigenvalue weighted by Gasteiger charge is 2.10. The predicted octanol–water partition coefficient (Wildman–Crippen LogP) is 2.17. The van der Waals surface area contributed by atoms with Crippen molar-refractivity contribution in [3.63, 3.8) is 0 Å². The fraction of sp³-hybridized carbons (Fsp3) is 0.364. The van der Waals surface area contributed by atoms with Gasteiger partial charge in [-0.25, -0.2) is 8.42 Å². The van der Waals surface area contributed by atoms with Crippen LogP contribution in [0.5, 0.6) is 0 Å². The molecule has 0 heterocycles. The average molecular weight is 317 g/mol. The first kappa shape index (κ1) is 14.0. The summed E-state index contributed by atoms with van der Waals surface area (Å²) in [4.78, 5) is 0. The first-order valence-corrected chi connectivity index (χ1v) is 7.81. The van der Waals surface area contributed by atoms with Gasteiger partial charge >= 0.3 is 0 Å². The van der Waals surface area contributed by atoms with E-state index < -0.39 is 9.84 Å². The maximum Gasteiger partial charge on any atom is 0.149 e. The SMILES string of the molecule is CC(CS(C)(=O)=O)Nc1ccc(C#N)c(Br)c1. The van der Waals surface area contributed by atoms with Crippen molar-refractivity contribution >= 4 is 31.5 Å². The molecule has 0 amide bonds. The second kappa shape index (κ2) is 5.52. The number of anilines is 1. The quantitative estimate of drug-likeness (QED) is 0.924. The van der Waals surface area contributed by atoms with Crippen molar-refractivity contribution in [1.29, 1.82) is 5.26 Å². The number of sulfone groups is 1. The molecular formula is C11H13BrN2O2S. The van der Waals surface area contributed by atoms with E-state index in [1.807, 2.05) is 6.07 Å². The van der Waals surface area contributed by atoms with Crippen LogP contribution in [0, 0.1) is 11.3 Å². The molecule has 0 spiro atoms. The van der Waals surface area contributed by atoms with Gasteiger partial charge in [0.05, 0.1) is 11.3 Å². The Balaban J connectivity index is 2.77. The van der Waals surface area contributed by atoms with Crippen molar-refractivity contribution in [1.82, 2.24) is 0 Å². The van der Waals surface area contributed by atoms with Gasteiger partial charge in [0.1, 0.15) is 15.9 Å². The van der Waals surface area contributed by atoms with E-state index in [-0.39, 0.29) is 11.8 Å². The molecule has 1 rings (SSSR count). The zero-order chi connectivity index (χ0) is 13.1. The fourth-order valence-electron chi connectivity index (χ4n) is 1.48. The van der Waals surface area contributed by atoms with Crippen LogP contribution in [-0.4, -0.2) is 26.5 Å². The van der Waals surface area contributed by atoms with Crippen LogP contribution < -0.4 is 5.32 Å². The van der Waals surface area contributed by atoms with Gasteiger partial charge in [0.25, 0.3) is 0 Å². The Morgan fingerprint density at radius 2 is 2.18 bits per heavy atom. The van der Waals surface area contributed by atoms with E-state index in [2.05, 4.69) is 21.2 Å². The first-order chi connectivity index (χ1) is 7.81. The summed E-state index contributed by atoms with van der Waals surface area (Å²) in [6.07, 6.45) is 1.21. The average Bonchev–Trinajstić information content (AvgIpc) is 2.14. The lowest BCUT2D eigenvalue weighted by atomic mass is 10.2. The largest absolute Gasteiger partial charge is 0.382 e. The molecule has 1 N–H and O–H groups in total. The summed E-state index contributed by atoms with van der Waals surface area (Å²) in [6.45, 7) is 1.80. The van der Waals surface area contributed by atoms with Crippen molar-refractivity contribution in [3.8, 4) is 6.07 Å². The maximum absolute atomic E-state index is 11.1. The molecule has 0 aliphatic heterocycles. The third-order valence-electron chi connectivity index (χ3n) is 2.06. The molecule has 1 aromatic carbocycles. The van der Waals surface area contributed by atoms with Crippen molar-refractivity contribution < 1.29 is 8.42 Å². The molecule has 0 saturated carbocycles. The number of nitriles is 1. The van der Waals surface area contributed by atoms with Gasteiger partial charge in [0.15, 0.2) is 0 Å². The smallest absolute Gasteiger partial charge is 0.149 e. The second-order valence-electron chi connectivity index (χ2n) is 3.94. The van der Waals surface area contributed by atoms with Crippen LogP contribution in [0.2, 0.25) is 0 Å². The summed E-state index contributed by atoms with van der Waals surface area (Å²) < 4.78 is 22.9. The number of hydrogen-bond acceptors (Lipinski definition) is 4. The lowest BCUT2D eigenvalue weighted by Gasteiger charge is -2.14. The van der Waals surface area contributed by atoms with Gasteiger partial charge in [-0.1, -0.05) is 0 Å². The molecule has 0 fully saturated rings. The number of halogens is 1. The summed E-state index contributed by atoms with van der Waals surface area (Å²) in [5.74, 6) is 0.0740. The van der Waals surface area contributed by atoms with E-state index in [0.717, 1.165) is 5.69 Å². The van der Waals surface area contributed by atoms with E-state index in [4.69, 9.17) is 5.26 Å². The minimum atomic E-state index is -2.99. The minimum Gasteiger partial charge on any atom is -0.382 e. The van der Waals surface area contributed by atoms with Crippen LogP contribution >= 0.6 is 15.9 Å². The third-order valence-corrected chi connectivity index (χ3v) is 3.82. The number of nitrogens with zero attached hydrogens (tertiary/aromatic N) is 1. The molecule has 0 aromatic heterocycles.